The zero-order valence-electron chi connectivity index (χ0n) is 8.55. The largest absolute Gasteiger partial charge is 1.00 e. The maximum absolute atomic E-state index is 10.4. The van der Waals surface area contributed by atoms with Crippen molar-refractivity contribution in [2.24, 2.45) is 0 Å². The van der Waals surface area contributed by atoms with E-state index in [2.05, 4.69) is 0 Å². The molecule has 0 bridgehead atoms. The minimum absolute atomic E-state index is 0. The van der Waals surface area contributed by atoms with E-state index >= 15 is 0 Å². The molecule has 0 radical (unpaired) electrons. The molecule has 0 aliphatic heterocycles. The van der Waals surface area contributed by atoms with Crippen molar-refractivity contribution in [1.82, 2.24) is 0 Å². The van der Waals surface area contributed by atoms with E-state index in [-0.39, 0.29) is 31.0 Å². The quantitative estimate of drug-likeness (QED) is 0.444. The number of rotatable bonds is 4. The first-order valence-corrected chi connectivity index (χ1v) is 3.64. The van der Waals surface area contributed by atoms with Crippen LogP contribution in [0.5, 0.6) is 0 Å². The first-order chi connectivity index (χ1) is 4.72. The van der Waals surface area contributed by atoms with Gasteiger partial charge < -0.3 is 6.53 Å². The van der Waals surface area contributed by atoms with Gasteiger partial charge in [0, 0.05) is 5.57 Å². The van der Waals surface area contributed by atoms with E-state index < -0.39 is 5.97 Å². The predicted octanol–water partition coefficient (Wildman–Crippen LogP) is -0.676. The van der Waals surface area contributed by atoms with Gasteiger partial charge in [0.25, 0.3) is 0 Å². The van der Waals surface area contributed by atoms with Crippen molar-refractivity contribution in [3.05, 3.63) is 11.6 Å². The average Bonchev–Trinajstić information content (AvgIpc) is 1.87. The Labute approximate surface area is 91.5 Å². The van der Waals surface area contributed by atoms with Gasteiger partial charge in [-0.2, -0.15) is 0 Å². The fourth-order valence-electron chi connectivity index (χ4n) is 0.812. The summed E-state index contributed by atoms with van der Waals surface area (Å²) >= 11 is 0. The number of hydrogen-bond acceptors (Lipinski definition) is 1. The summed E-state index contributed by atoms with van der Waals surface area (Å²) in [4.78, 5) is 10.4. The van der Waals surface area contributed by atoms with Crippen LogP contribution in [0.4, 0.5) is 0 Å². The molecule has 0 unspecified atom stereocenters. The molecule has 0 aromatic carbocycles. The molecule has 0 saturated heterocycles. The molecule has 0 aromatic heterocycles. The molecule has 0 heterocycles. The Bertz CT molecular complexity index is 146. The van der Waals surface area contributed by atoms with E-state index in [1.54, 1.807) is 6.08 Å². The average molecular weight is 166 g/mol. The van der Waals surface area contributed by atoms with Gasteiger partial charge in [0.1, 0.15) is 0 Å². The third-order valence-electron chi connectivity index (χ3n) is 1.24. The molecule has 0 spiro atoms. The van der Waals surface area contributed by atoms with Gasteiger partial charge in [0.2, 0.25) is 0 Å². The van der Waals surface area contributed by atoms with E-state index in [4.69, 9.17) is 5.11 Å². The summed E-state index contributed by atoms with van der Waals surface area (Å²) in [6.45, 7) is 3.92. The molecule has 1 N–H and O–H groups in total. The van der Waals surface area contributed by atoms with Crippen molar-refractivity contribution in [3.63, 3.8) is 0 Å². The molecule has 0 rings (SSSR count). The molecule has 11 heavy (non-hydrogen) atoms. The second-order valence-corrected chi connectivity index (χ2v) is 2.19. The SMILES string of the molecule is CCC=C(CCC)C(=O)O.[H-].[Na+]. The van der Waals surface area contributed by atoms with Gasteiger partial charge in [-0.15, -0.1) is 0 Å². The van der Waals surface area contributed by atoms with Gasteiger partial charge in [-0.25, -0.2) is 4.79 Å². The molecule has 0 saturated carbocycles. The number of aliphatic carboxylic acids is 1. The van der Waals surface area contributed by atoms with E-state index in [0.29, 0.717) is 12.0 Å². The maximum Gasteiger partial charge on any atom is 1.00 e. The van der Waals surface area contributed by atoms with Crippen LogP contribution in [0.15, 0.2) is 11.6 Å². The van der Waals surface area contributed by atoms with Crippen LogP contribution in [0.25, 0.3) is 0 Å². The second-order valence-electron chi connectivity index (χ2n) is 2.19. The molecule has 2 nitrogen and oxygen atoms in total. The molecule has 0 aromatic rings. The van der Waals surface area contributed by atoms with Crippen LogP contribution >= 0.6 is 0 Å². The van der Waals surface area contributed by atoms with Gasteiger partial charge in [-0.1, -0.05) is 26.3 Å². The van der Waals surface area contributed by atoms with Crippen LogP contribution in [0.3, 0.4) is 0 Å². The number of carboxylic acid groups (broad SMARTS) is 1. The van der Waals surface area contributed by atoms with Crippen LogP contribution in [0.1, 0.15) is 34.5 Å². The van der Waals surface area contributed by atoms with Crippen LogP contribution < -0.4 is 29.6 Å². The maximum atomic E-state index is 10.4. The summed E-state index contributed by atoms with van der Waals surface area (Å²) in [6.07, 6.45) is 4.16. The Kier molecular flexibility index (Phi) is 10.4. The van der Waals surface area contributed by atoms with Crippen molar-refractivity contribution in [2.75, 3.05) is 0 Å². The Balaban J connectivity index is -0.000000405. The monoisotopic (exact) mass is 166 g/mol. The van der Waals surface area contributed by atoms with Crippen LogP contribution in [0, 0.1) is 0 Å². The van der Waals surface area contributed by atoms with Gasteiger partial charge in [0.05, 0.1) is 0 Å². The van der Waals surface area contributed by atoms with Crippen LogP contribution in [-0.2, 0) is 4.79 Å². The predicted molar refractivity (Wildman–Crippen MR) is 42.0 cm³/mol. The summed E-state index contributed by atoms with van der Waals surface area (Å²) in [6, 6.07) is 0. The molecule has 0 atom stereocenters. The first-order valence-electron chi connectivity index (χ1n) is 3.64. The van der Waals surface area contributed by atoms with E-state index in [1.807, 2.05) is 13.8 Å². The molecule has 3 heteroatoms. The van der Waals surface area contributed by atoms with Crippen LogP contribution in [0.2, 0.25) is 0 Å². The number of carbonyl (C=O) groups is 1. The van der Waals surface area contributed by atoms with Gasteiger partial charge in [-0.05, 0) is 12.8 Å². The van der Waals surface area contributed by atoms with Crippen molar-refractivity contribution >= 4 is 5.97 Å². The minimum atomic E-state index is -0.774. The van der Waals surface area contributed by atoms with Crippen molar-refractivity contribution in [3.8, 4) is 0 Å². The third-order valence-corrected chi connectivity index (χ3v) is 1.24. The molecular weight excluding hydrogens is 151 g/mol. The second kappa shape index (κ2) is 8.31. The van der Waals surface area contributed by atoms with E-state index in [0.717, 1.165) is 12.8 Å². The first kappa shape index (κ1) is 13.8. The number of carboxylic acids is 1. The standard InChI is InChI=1S/C8H14O2.Na.H/c1-3-5-7(6-4-2)8(9)10;;/h5H,3-4,6H2,1-2H3,(H,9,10);;/q;+1;-1. The number of allylic oxidation sites excluding steroid dienone is 1. The molecule has 0 fully saturated rings. The Hall–Kier alpha value is 0.210. The fourth-order valence-corrected chi connectivity index (χ4v) is 0.812. The van der Waals surface area contributed by atoms with E-state index in [1.165, 1.54) is 0 Å². The van der Waals surface area contributed by atoms with Gasteiger partial charge in [-0.3, -0.25) is 0 Å². The molecule has 0 amide bonds. The zero-order valence-corrected chi connectivity index (χ0v) is 9.55. The van der Waals surface area contributed by atoms with E-state index in [9.17, 15) is 4.79 Å². The summed E-state index contributed by atoms with van der Waals surface area (Å²) < 4.78 is 0. The summed E-state index contributed by atoms with van der Waals surface area (Å²) in [5, 5.41) is 8.57. The molecule has 0 aliphatic rings. The Morgan fingerprint density at radius 1 is 1.55 bits per heavy atom. The molecular formula is C8H15NaO2. The number of hydrogen-bond donors (Lipinski definition) is 1. The van der Waals surface area contributed by atoms with Gasteiger partial charge >= 0.3 is 35.5 Å². The normalized spacial score (nSPS) is 10.5. The van der Waals surface area contributed by atoms with Crippen molar-refractivity contribution in [2.45, 2.75) is 33.1 Å². The van der Waals surface area contributed by atoms with Crippen molar-refractivity contribution in [1.29, 1.82) is 0 Å². The zero-order chi connectivity index (χ0) is 7.98. The third kappa shape index (κ3) is 6.60. The Morgan fingerprint density at radius 3 is 2.36 bits per heavy atom. The minimum Gasteiger partial charge on any atom is -1.00 e. The molecule has 0 aliphatic carbocycles. The Morgan fingerprint density at radius 2 is 2.09 bits per heavy atom. The summed E-state index contributed by atoms with van der Waals surface area (Å²) in [7, 11) is 0. The van der Waals surface area contributed by atoms with Crippen LogP contribution in [-0.4, -0.2) is 11.1 Å². The summed E-state index contributed by atoms with van der Waals surface area (Å²) in [5.41, 5.74) is 0.546. The molecule has 60 valence electrons. The smallest absolute Gasteiger partial charge is 1.00 e. The summed E-state index contributed by atoms with van der Waals surface area (Å²) in [5.74, 6) is -0.774. The van der Waals surface area contributed by atoms with Gasteiger partial charge in [0.15, 0.2) is 0 Å². The topological polar surface area (TPSA) is 37.3 Å². The van der Waals surface area contributed by atoms with Crippen molar-refractivity contribution < 1.29 is 40.9 Å². The fraction of sp³-hybridized carbons (Fsp3) is 0.625.